The van der Waals surface area contributed by atoms with Crippen LogP contribution in [0, 0.1) is 5.92 Å². The maximum Gasteiger partial charge on any atom is 0.248 e. The summed E-state index contributed by atoms with van der Waals surface area (Å²) in [5.41, 5.74) is 5.82. The normalized spacial score (nSPS) is 17.4. The molecule has 1 fully saturated rings. The van der Waals surface area contributed by atoms with Crippen molar-refractivity contribution in [3.63, 3.8) is 0 Å². The van der Waals surface area contributed by atoms with Gasteiger partial charge in [0.25, 0.3) is 0 Å². The van der Waals surface area contributed by atoms with Gasteiger partial charge in [0.05, 0.1) is 18.7 Å². The molecule has 1 aliphatic rings. The van der Waals surface area contributed by atoms with Gasteiger partial charge in [-0.15, -0.1) is 0 Å². The van der Waals surface area contributed by atoms with E-state index in [9.17, 15) is 14.4 Å². The molecule has 1 aliphatic heterocycles. The number of carbonyl (C=O) groups excluding carboxylic acids is 3. The first-order valence-electron chi connectivity index (χ1n) is 6.06. The topological polar surface area (TPSA) is 111 Å². The Kier molecular flexibility index (Phi) is 3.88. The molecule has 0 saturated carbocycles. The molecule has 20 heavy (non-hydrogen) atoms. The highest BCUT2D eigenvalue weighted by Crippen LogP contribution is 2.26. The number of carbonyl (C=O) groups is 3. The molecule has 4 N–H and O–H groups in total. The zero-order valence-electron chi connectivity index (χ0n) is 10.9. The van der Waals surface area contributed by atoms with Crippen molar-refractivity contribution in [1.29, 1.82) is 0 Å². The lowest BCUT2D eigenvalue weighted by Gasteiger charge is -2.13. The van der Waals surface area contributed by atoms with E-state index in [0.717, 1.165) is 0 Å². The van der Waals surface area contributed by atoms with Crippen molar-refractivity contribution in [3.05, 3.63) is 23.8 Å². The number of nitrogens with two attached hydrogens (primary N) is 1. The van der Waals surface area contributed by atoms with E-state index in [4.69, 9.17) is 10.5 Å². The van der Waals surface area contributed by atoms with Crippen molar-refractivity contribution < 1.29 is 19.1 Å². The molecule has 1 aromatic carbocycles. The second-order valence-electron chi connectivity index (χ2n) is 4.47. The molecule has 1 heterocycles. The van der Waals surface area contributed by atoms with Gasteiger partial charge in [-0.1, -0.05) is 0 Å². The van der Waals surface area contributed by atoms with E-state index < -0.39 is 11.8 Å². The van der Waals surface area contributed by atoms with E-state index in [1.807, 2.05) is 0 Å². The molecule has 1 unspecified atom stereocenters. The predicted molar refractivity (Wildman–Crippen MR) is 71.3 cm³/mol. The van der Waals surface area contributed by atoms with Gasteiger partial charge in [0.1, 0.15) is 5.75 Å². The molecule has 0 spiro atoms. The van der Waals surface area contributed by atoms with Crippen molar-refractivity contribution in [2.24, 2.45) is 11.7 Å². The molecule has 106 valence electrons. The fourth-order valence-corrected chi connectivity index (χ4v) is 1.98. The Labute approximate surface area is 115 Å². The van der Waals surface area contributed by atoms with Crippen LogP contribution in [0.2, 0.25) is 0 Å². The quantitative estimate of drug-likeness (QED) is 0.711. The molecule has 3 amide bonds. The minimum atomic E-state index is -0.596. The summed E-state index contributed by atoms with van der Waals surface area (Å²) >= 11 is 0. The van der Waals surface area contributed by atoms with Gasteiger partial charge < -0.3 is 21.1 Å². The zero-order valence-corrected chi connectivity index (χ0v) is 10.9. The van der Waals surface area contributed by atoms with Gasteiger partial charge in [0.15, 0.2) is 0 Å². The van der Waals surface area contributed by atoms with Crippen LogP contribution in [0.4, 0.5) is 5.69 Å². The van der Waals surface area contributed by atoms with Gasteiger partial charge in [-0.2, -0.15) is 0 Å². The van der Waals surface area contributed by atoms with Crippen LogP contribution < -0.4 is 21.1 Å². The first-order valence-corrected chi connectivity index (χ1v) is 6.06. The summed E-state index contributed by atoms with van der Waals surface area (Å²) in [5, 5.41) is 5.24. The number of anilines is 1. The maximum atomic E-state index is 12.0. The molecule has 0 radical (unpaired) electrons. The lowest BCUT2D eigenvalue weighted by molar-refractivity contribution is -0.123. The van der Waals surface area contributed by atoms with E-state index in [1.54, 1.807) is 6.07 Å². The Hall–Kier alpha value is -2.57. The molecule has 0 aliphatic carbocycles. The molecular formula is C13H15N3O4. The number of methoxy groups -OCH3 is 1. The Balaban J connectivity index is 2.18. The predicted octanol–water partition coefficient (Wildman–Crippen LogP) is -0.131. The molecule has 7 heteroatoms. The van der Waals surface area contributed by atoms with Crippen molar-refractivity contribution in [1.82, 2.24) is 5.32 Å². The Morgan fingerprint density at radius 3 is 2.75 bits per heavy atom. The average molecular weight is 277 g/mol. The first kappa shape index (κ1) is 13.9. The first-order chi connectivity index (χ1) is 9.51. The minimum Gasteiger partial charge on any atom is -0.495 e. The van der Waals surface area contributed by atoms with E-state index in [2.05, 4.69) is 10.6 Å². The third kappa shape index (κ3) is 2.87. The van der Waals surface area contributed by atoms with Gasteiger partial charge in [-0.05, 0) is 18.2 Å². The van der Waals surface area contributed by atoms with Crippen LogP contribution in [0.5, 0.6) is 5.75 Å². The van der Waals surface area contributed by atoms with Gasteiger partial charge in [0, 0.05) is 18.5 Å². The second-order valence-corrected chi connectivity index (χ2v) is 4.47. The van der Waals surface area contributed by atoms with Gasteiger partial charge in [0.2, 0.25) is 17.7 Å². The smallest absolute Gasteiger partial charge is 0.248 e. The van der Waals surface area contributed by atoms with E-state index in [1.165, 1.54) is 19.2 Å². The highest BCUT2D eigenvalue weighted by Gasteiger charge is 2.28. The van der Waals surface area contributed by atoms with Gasteiger partial charge in [-0.25, -0.2) is 0 Å². The zero-order chi connectivity index (χ0) is 14.7. The average Bonchev–Trinajstić information content (AvgIpc) is 2.85. The standard InChI is InChI=1S/C13H15N3O4/c1-20-10-3-2-7(12(14)18)4-9(10)16-13(19)8-5-11(17)15-6-8/h2-4,8H,5-6H2,1H3,(H2,14,18)(H,15,17)(H,16,19). The van der Waals surface area contributed by atoms with Crippen LogP contribution in [-0.2, 0) is 9.59 Å². The van der Waals surface area contributed by atoms with Crippen molar-refractivity contribution in [2.75, 3.05) is 19.0 Å². The summed E-state index contributed by atoms with van der Waals surface area (Å²) in [6.45, 7) is 0.308. The summed E-state index contributed by atoms with van der Waals surface area (Å²) in [4.78, 5) is 34.3. The number of primary amides is 1. The molecule has 2 rings (SSSR count). The van der Waals surface area contributed by atoms with Crippen LogP contribution >= 0.6 is 0 Å². The Morgan fingerprint density at radius 1 is 1.45 bits per heavy atom. The Bertz CT molecular complexity index is 571. The summed E-state index contributed by atoms with van der Waals surface area (Å²) < 4.78 is 5.12. The third-order valence-corrected chi connectivity index (χ3v) is 3.09. The molecule has 0 bridgehead atoms. The molecule has 1 atom stereocenters. The van der Waals surface area contributed by atoms with Crippen LogP contribution in [0.25, 0.3) is 0 Å². The minimum absolute atomic E-state index is 0.150. The number of hydrogen-bond acceptors (Lipinski definition) is 4. The summed E-state index contributed by atoms with van der Waals surface area (Å²) in [5.74, 6) is -1.06. The fourth-order valence-electron chi connectivity index (χ4n) is 1.98. The number of rotatable bonds is 4. The molecular weight excluding hydrogens is 262 g/mol. The SMILES string of the molecule is COc1ccc(C(N)=O)cc1NC(=O)C1CNC(=O)C1. The highest BCUT2D eigenvalue weighted by atomic mass is 16.5. The lowest BCUT2D eigenvalue weighted by Crippen LogP contribution is -2.25. The number of nitrogens with one attached hydrogen (secondary N) is 2. The summed E-state index contributed by atoms with van der Waals surface area (Å²) in [7, 11) is 1.45. The van der Waals surface area contributed by atoms with Crippen LogP contribution in [0.15, 0.2) is 18.2 Å². The van der Waals surface area contributed by atoms with Gasteiger partial charge >= 0.3 is 0 Å². The third-order valence-electron chi connectivity index (χ3n) is 3.09. The fraction of sp³-hybridized carbons (Fsp3) is 0.308. The molecule has 1 aromatic rings. The van der Waals surface area contributed by atoms with Gasteiger partial charge in [-0.3, -0.25) is 14.4 Å². The van der Waals surface area contributed by atoms with Crippen LogP contribution in [0.1, 0.15) is 16.8 Å². The number of hydrogen-bond donors (Lipinski definition) is 3. The lowest BCUT2D eigenvalue weighted by atomic mass is 10.1. The number of benzene rings is 1. The van der Waals surface area contributed by atoms with Crippen molar-refractivity contribution >= 4 is 23.4 Å². The second kappa shape index (κ2) is 5.60. The molecule has 7 nitrogen and oxygen atoms in total. The van der Waals surface area contributed by atoms with E-state index in [-0.39, 0.29) is 23.8 Å². The van der Waals surface area contributed by atoms with E-state index >= 15 is 0 Å². The highest BCUT2D eigenvalue weighted by molar-refractivity contribution is 6.00. The molecule has 0 aromatic heterocycles. The maximum absolute atomic E-state index is 12.0. The number of ether oxygens (including phenoxy) is 1. The molecule has 1 saturated heterocycles. The van der Waals surface area contributed by atoms with Crippen LogP contribution in [-0.4, -0.2) is 31.4 Å². The van der Waals surface area contributed by atoms with E-state index in [0.29, 0.717) is 18.0 Å². The largest absolute Gasteiger partial charge is 0.495 e. The Morgan fingerprint density at radius 2 is 2.20 bits per heavy atom. The van der Waals surface area contributed by atoms with Crippen molar-refractivity contribution in [2.45, 2.75) is 6.42 Å². The number of amides is 3. The summed E-state index contributed by atoms with van der Waals surface area (Å²) in [6.07, 6.45) is 0.156. The summed E-state index contributed by atoms with van der Waals surface area (Å²) in [6, 6.07) is 4.51. The van der Waals surface area contributed by atoms with Crippen molar-refractivity contribution in [3.8, 4) is 5.75 Å². The van der Waals surface area contributed by atoms with Crippen LogP contribution in [0.3, 0.4) is 0 Å². The monoisotopic (exact) mass is 277 g/mol.